The Morgan fingerprint density at radius 3 is 2.79 bits per heavy atom. The molecule has 1 aromatic rings. The highest BCUT2D eigenvalue weighted by Crippen LogP contribution is 2.45. The van der Waals surface area contributed by atoms with Crippen molar-refractivity contribution in [3.05, 3.63) is 22.9 Å². The quantitative estimate of drug-likeness (QED) is 0.902. The second-order valence-electron chi connectivity index (χ2n) is 7.81. The van der Waals surface area contributed by atoms with Crippen molar-refractivity contribution in [1.82, 2.24) is 10.3 Å². The molecule has 2 fully saturated rings. The van der Waals surface area contributed by atoms with Crippen LogP contribution in [0.25, 0.3) is 0 Å². The van der Waals surface area contributed by atoms with Crippen molar-refractivity contribution < 1.29 is 9.53 Å². The Balaban J connectivity index is 1.42. The number of nitrogens with one attached hydrogen (secondary N) is 1. The molecular weight excluding hydrogens is 302 g/mol. The molecule has 1 aliphatic carbocycles. The van der Waals surface area contributed by atoms with E-state index in [-0.39, 0.29) is 5.91 Å². The summed E-state index contributed by atoms with van der Waals surface area (Å²) in [5.41, 5.74) is 3.29. The van der Waals surface area contributed by atoms with Crippen molar-refractivity contribution in [3.63, 3.8) is 0 Å². The van der Waals surface area contributed by atoms with E-state index in [0.29, 0.717) is 18.1 Å². The van der Waals surface area contributed by atoms with E-state index in [1.165, 1.54) is 18.4 Å². The van der Waals surface area contributed by atoms with Crippen LogP contribution in [0.4, 0.5) is 5.82 Å². The highest BCUT2D eigenvalue weighted by molar-refractivity contribution is 5.98. The smallest absolute Gasteiger partial charge is 0.253 e. The normalized spacial score (nSPS) is 22.4. The summed E-state index contributed by atoms with van der Waals surface area (Å²) in [4.78, 5) is 19.0. The van der Waals surface area contributed by atoms with E-state index >= 15 is 0 Å². The molecule has 1 aromatic heterocycles. The van der Waals surface area contributed by atoms with Crippen LogP contribution in [0.3, 0.4) is 0 Å². The van der Waals surface area contributed by atoms with Gasteiger partial charge in [0.1, 0.15) is 5.82 Å². The summed E-state index contributed by atoms with van der Waals surface area (Å²) in [5.74, 6) is 1.08. The highest BCUT2D eigenvalue weighted by Gasteiger charge is 2.38. The van der Waals surface area contributed by atoms with Gasteiger partial charge in [0.2, 0.25) is 0 Å². The number of fused-ring (bicyclic) bond motifs is 1. The standard InChI is InChI=1S/C19H27N3O2/c1-3-13-10-15-16(11-20-18(15)23)21-17(13)22-8-4-14(5-9-22)24-12-19(2)6-7-19/h10,14H,3-9,11-12H2,1-2H3,(H,20,23). The number of anilines is 1. The number of carbonyl (C=O) groups is 1. The molecule has 1 amide bonds. The Morgan fingerprint density at radius 2 is 2.12 bits per heavy atom. The van der Waals surface area contributed by atoms with Gasteiger partial charge in [-0.1, -0.05) is 13.8 Å². The zero-order valence-corrected chi connectivity index (χ0v) is 14.7. The lowest BCUT2D eigenvalue weighted by atomic mass is 10.0. The maximum atomic E-state index is 11.8. The van der Waals surface area contributed by atoms with Gasteiger partial charge >= 0.3 is 0 Å². The number of aromatic nitrogens is 1. The minimum absolute atomic E-state index is 0.0134. The fourth-order valence-electron chi connectivity index (χ4n) is 3.62. The van der Waals surface area contributed by atoms with Crippen LogP contribution in [0.15, 0.2) is 6.07 Å². The monoisotopic (exact) mass is 329 g/mol. The zero-order chi connectivity index (χ0) is 16.7. The molecule has 0 bridgehead atoms. The molecule has 1 N–H and O–H groups in total. The molecule has 0 spiro atoms. The van der Waals surface area contributed by atoms with Gasteiger partial charge in [0.25, 0.3) is 5.91 Å². The molecule has 1 saturated carbocycles. The molecule has 0 aromatic carbocycles. The van der Waals surface area contributed by atoms with Crippen LogP contribution in [0.5, 0.6) is 0 Å². The number of amides is 1. The maximum absolute atomic E-state index is 11.8. The Morgan fingerprint density at radius 1 is 1.38 bits per heavy atom. The van der Waals surface area contributed by atoms with E-state index in [4.69, 9.17) is 9.72 Å². The number of hydrogen-bond acceptors (Lipinski definition) is 4. The summed E-state index contributed by atoms with van der Waals surface area (Å²) >= 11 is 0. The molecule has 0 unspecified atom stereocenters. The fourth-order valence-corrected chi connectivity index (χ4v) is 3.62. The number of carbonyl (C=O) groups excluding carboxylic acids is 1. The van der Waals surface area contributed by atoms with E-state index in [2.05, 4.69) is 24.1 Å². The number of hydrogen-bond donors (Lipinski definition) is 1. The van der Waals surface area contributed by atoms with E-state index in [9.17, 15) is 4.79 Å². The van der Waals surface area contributed by atoms with Crippen LogP contribution in [-0.4, -0.2) is 36.7 Å². The van der Waals surface area contributed by atoms with E-state index in [1.54, 1.807) is 0 Å². The molecule has 130 valence electrons. The SMILES string of the molecule is CCc1cc2c(nc1N1CCC(OCC3(C)CC3)CC1)CNC2=O. The first-order valence-electron chi connectivity index (χ1n) is 9.25. The Hall–Kier alpha value is -1.62. The van der Waals surface area contributed by atoms with Crippen molar-refractivity contribution in [2.45, 2.75) is 58.6 Å². The second kappa shape index (κ2) is 6.03. The highest BCUT2D eigenvalue weighted by atomic mass is 16.5. The summed E-state index contributed by atoms with van der Waals surface area (Å²) in [6.07, 6.45) is 6.05. The van der Waals surface area contributed by atoms with Crippen molar-refractivity contribution in [1.29, 1.82) is 0 Å². The van der Waals surface area contributed by atoms with E-state index in [1.807, 2.05) is 6.07 Å². The van der Waals surface area contributed by atoms with Gasteiger partial charge in [-0.15, -0.1) is 0 Å². The average Bonchev–Trinajstić information content (AvgIpc) is 3.24. The maximum Gasteiger partial charge on any atom is 0.253 e. The predicted octanol–water partition coefficient (Wildman–Crippen LogP) is 2.67. The van der Waals surface area contributed by atoms with Crippen LogP contribution >= 0.6 is 0 Å². The number of rotatable bonds is 5. The summed E-state index contributed by atoms with van der Waals surface area (Å²) in [5, 5.41) is 2.87. The summed E-state index contributed by atoms with van der Waals surface area (Å²) in [6.45, 7) is 7.90. The molecule has 3 heterocycles. The molecular formula is C19H27N3O2. The number of pyridine rings is 1. The summed E-state index contributed by atoms with van der Waals surface area (Å²) < 4.78 is 6.14. The Labute approximate surface area is 143 Å². The van der Waals surface area contributed by atoms with Gasteiger partial charge in [-0.05, 0) is 49.1 Å². The van der Waals surface area contributed by atoms with E-state index in [0.717, 1.165) is 56.0 Å². The van der Waals surface area contributed by atoms with Crippen LogP contribution in [-0.2, 0) is 17.7 Å². The van der Waals surface area contributed by atoms with Crippen LogP contribution < -0.4 is 10.2 Å². The Bertz CT molecular complexity index is 646. The first-order valence-corrected chi connectivity index (χ1v) is 9.25. The minimum Gasteiger partial charge on any atom is -0.378 e. The average molecular weight is 329 g/mol. The van der Waals surface area contributed by atoms with Crippen molar-refractivity contribution in [2.24, 2.45) is 5.41 Å². The molecule has 5 heteroatoms. The zero-order valence-electron chi connectivity index (χ0n) is 14.7. The number of nitrogens with zero attached hydrogens (tertiary/aromatic N) is 2. The van der Waals surface area contributed by atoms with Crippen LogP contribution in [0.1, 0.15) is 61.1 Å². The molecule has 0 radical (unpaired) electrons. The molecule has 24 heavy (non-hydrogen) atoms. The molecule has 5 nitrogen and oxygen atoms in total. The lowest BCUT2D eigenvalue weighted by Crippen LogP contribution is -2.38. The molecule has 4 rings (SSSR count). The van der Waals surface area contributed by atoms with Gasteiger partial charge in [0.05, 0.1) is 30.5 Å². The molecule has 1 saturated heterocycles. The Kier molecular flexibility index (Phi) is 3.99. The van der Waals surface area contributed by atoms with Crippen molar-refractivity contribution in [2.75, 3.05) is 24.6 Å². The van der Waals surface area contributed by atoms with Crippen molar-refractivity contribution >= 4 is 11.7 Å². The molecule has 3 aliphatic rings. The summed E-state index contributed by atoms with van der Waals surface area (Å²) in [7, 11) is 0. The fraction of sp³-hybridized carbons (Fsp3) is 0.684. The number of aryl methyl sites for hydroxylation is 1. The van der Waals surface area contributed by atoms with Gasteiger partial charge in [-0.3, -0.25) is 4.79 Å². The van der Waals surface area contributed by atoms with Gasteiger partial charge in [-0.2, -0.15) is 0 Å². The van der Waals surface area contributed by atoms with Crippen LogP contribution in [0, 0.1) is 5.41 Å². The van der Waals surface area contributed by atoms with Gasteiger partial charge < -0.3 is 15.0 Å². The van der Waals surface area contributed by atoms with Gasteiger partial charge in [0.15, 0.2) is 0 Å². The molecule has 0 atom stereocenters. The third-order valence-corrected chi connectivity index (χ3v) is 5.71. The number of ether oxygens (including phenoxy) is 1. The first-order chi connectivity index (χ1) is 11.6. The summed E-state index contributed by atoms with van der Waals surface area (Å²) in [6, 6.07) is 2.04. The lowest BCUT2D eigenvalue weighted by molar-refractivity contribution is 0.0126. The van der Waals surface area contributed by atoms with Crippen LogP contribution in [0.2, 0.25) is 0 Å². The third-order valence-electron chi connectivity index (χ3n) is 5.71. The lowest BCUT2D eigenvalue weighted by Gasteiger charge is -2.34. The second-order valence-corrected chi connectivity index (χ2v) is 7.81. The van der Waals surface area contributed by atoms with Gasteiger partial charge in [-0.25, -0.2) is 4.98 Å². The van der Waals surface area contributed by atoms with Gasteiger partial charge in [0, 0.05) is 13.1 Å². The first kappa shape index (κ1) is 15.9. The van der Waals surface area contributed by atoms with Crippen molar-refractivity contribution in [3.8, 4) is 0 Å². The van der Waals surface area contributed by atoms with E-state index < -0.39 is 0 Å². The predicted molar refractivity (Wildman–Crippen MR) is 93.3 cm³/mol. The topological polar surface area (TPSA) is 54.5 Å². The minimum atomic E-state index is 0.0134. The number of piperidine rings is 1. The third kappa shape index (κ3) is 3.02. The largest absolute Gasteiger partial charge is 0.378 e. The molecule has 2 aliphatic heterocycles.